The number of nitrogens with one attached hydrogen (secondary N) is 2. The fourth-order valence-corrected chi connectivity index (χ4v) is 3.25. The van der Waals surface area contributed by atoms with Gasteiger partial charge in [0.2, 0.25) is 0 Å². The second-order valence-corrected chi connectivity index (χ2v) is 6.71. The number of thiazole rings is 1. The van der Waals surface area contributed by atoms with Crippen molar-refractivity contribution in [3.8, 4) is 0 Å². The number of aliphatic imine (C=N–C) groups is 1. The topological polar surface area (TPSA) is 58.5 Å². The molecule has 0 aliphatic carbocycles. The van der Waals surface area contributed by atoms with Gasteiger partial charge in [-0.15, -0.1) is 11.3 Å². The Morgan fingerprint density at radius 1 is 1.45 bits per heavy atom. The monoisotopic (exact) mass is 296 g/mol. The van der Waals surface area contributed by atoms with E-state index in [0.29, 0.717) is 0 Å². The van der Waals surface area contributed by atoms with Crippen LogP contribution in [0.3, 0.4) is 0 Å². The SMILES string of the molecule is CN=C(NCc1sc(C)nc1C)NCC1(C)CCCO1. The Kier molecular flexibility index (Phi) is 4.99. The van der Waals surface area contributed by atoms with Crippen LogP contribution in [0.4, 0.5) is 0 Å². The number of aryl methyl sites for hydroxylation is 2. The predicted octanol–water partition coefficient (Wildman–Crippen LogP) is 1.99. The first-order valence-corrected chi connectivity index (χ1v) is 7.85. The molecule has 1 aliphatic heterocycles. The second-order valence-electron chi connectivity index (χ2n) is 5.42. The standard InChI is InChI=1S/C14H24N4OS/c1-10-12(20-11(2)18-10)8-16-13(15-4)17-9-14(3)6-5-7-19-14/h5-9H2,1-4H3,(H2,15,16,17). The van der Waals surface area contributed by atoms with E-state index in [-0.39, 0.29) is 5.60 Å². The third kappa shape index (κ3) is 3.93. The van der Waals surface area contributed by atoms with E-state index in [1.54, 1.807) is 18.4 Å². The molecule has 1 atom stereocenters. The first-order valence-electron chi connectivity index (χ1n) is 7.04. The van der Waals surface area contributed by atoms with Crippen LogP contribution in [0.1, 0.15) is 35.3 Å². The summed E-state index contributed by atoms with van der Waals surface area (Å²) < 4.78 is 5.77. The van der Waals surface area contributed by atoms with Gasteiger partial charge in [0.25, 0.3) is 0 Å². The molecule has 0 saturated carbocycles. The molecule has 1 aromatic rings. The summed E-state index contributed by atoms with van der Waals surface area (Å²) in [5.74, 6) is 0.812. The van der Waals surface area contributed by atoms with Gasteiger partial charge >= 0.3 is 0 Å². The molecule has 1 fully saturated rings. The van der Waals surface area contributed by atoms with E-state index in [1.165, 1.54) is 4.88 Å². The van der Waals surface area contributed by atoms with Crippen LogP contribution in [-0.4, -0.2) is 36.7 Å². The van der Waals surface area contributed by atoms with Gasteiger partial charge in [-0.05, 0) is 33.6 Å². The summed E-state index contributed by atoms with van der Waals surface area (Å²) in [7, 11) is 1.79. The first-order chi connectivity index (χ1) is 9.52. The molecule has 5 nitrogen and oxygen atoms in total. The van der Waals surface area contributed by atoms with Gasteiger partial charge < -0.3 is 15.4 Å². The number of hydrogen-bond acceptors (Lipinski definition) is 4. The maximum Gasteiger partial charge on any atom is 0.191 e. The van der Waals surface area contributed by atoms with Crippen LogP contribution >= 0.6 is 11.3 Å². The van der Waals surface area contributed by atoms with Crippen molar-refractivity contribution < 1.29 is 4.74 Å². The predicted molar refractivity (Wildman–Crippen MR) is 83.4 cm³/mol. The molecule has 1 unspecified atom stereocenters. The smallest absolute Gasteiger partial charge is 0.191 e. The molecule has 0 spiro atoms. The molecule has 0 aromatic carbocycles. The Bertz CT molecular complexity index is 478. The molecule has 2 heterocycles. The first kappa shape index (κ1) is 15.3. The normalized spacial score (nSPS) is 23.1. The van der Waals surface area contributed by atoms with E-state index in [1.807, 2.05) is 13.8 Å². The van der Waals surface area contributed by atoms with Crippen molar-refractivity contribution in [1.82, 2.24) is 15.6 Å². The Morgan fingerprint density at radius 3 is 2.80 bits per heavy atom. The molecule has 1 saturated heterocycles. The number of ether oxygens (including phenoxy) is 1. The van der Waals surface area contributed by atoms with Gasteiger partial charge in [0, 0.05) is 25.1 Å². The maximum atomic E-state index is 5.77. The molecule has 0 radical (unpaired) electrons. The largest absolute Gasteiger partial charge is 0.373 e. The van der Waals surface area contributed by atoms with E-state index >= 15 is 0 Å². The fraction of sp³-hybridized carbons (Fsp3) is 0.714. The second kappa shape index (κ2) is 6.54. The number of rotatable bonds is 4. The summed E-state index contributed by atoms with van der Waals surface area (Å²) >= 11 is 1.73. The van der Waals surface area contributed by atoms with E-state index < -0.39 is 0 Å². The molecule has 0 amide bonds. The van der Waals surface area contributed by atoms with Crippen LogP contribution < -0.4 is 10.6 Å². The Balaban J connectivity index is 1.82. The van der Waals surface area contributed by atoms with E-state index in [4.69, 9.17) is 4.74 Å². The van der Waals surface area contributed by atoms with Crippen molar-refractivity contribution in [1.29, 1.82) is 0 Å². The fourth-order valence-electron chi connectivity index (χ4n) is 2.37. The highest BCUT2D eigenvalue weighted by Gasteiger charge is 2.29. The molecular weight excluding hydrogens is 272 g/mol. The Hall–Kier alpha value is -1.14. The summed E-state index contributed by atoms with van der Waals surface area (Å²) in [6.07, 6.45) is 2.24. The molecule has 112 valence electrons. The van der Waals surface area contributed by atoms with Crippen molar-refractivity contribution >= 4 is 17.3 Å². The van der Waals surface area contributed by atoms with Crippen LogP contribution in [0.5, 0.6) is 0 Å². The maximum absolute atomic E-state index is 5.77. The molecule has 0 bridgehead atoms. The molecule has 2 rings (SSSR count). The van der Waals surface area contributed by atoms with Gasteiger partial charge in [-0.25, -0.2) is 4.98 Å². The van der Waals surface area contributed by atoms with Crippen molar-refractivity contribution in [2.75, 3.05) is 20.2 Å². The minimum atomic E-state index is -0.0609. The highest BCUT2D eigenvalue weighted by atomic mass is 32.1. The minimum absolute atomic E-state index is 0.0609. The summed E-state index contributed by atoms with van der Waals surface area (Å²) in [5.41, 5.74) is 1.04. The summed E-state index contributed by atoms with van der Waals surface area (Å²) in [5, 5.41) is 7.79. The number of guanidine groups is 1. The third-order valence-electron chi connectivity index (χ3n) is 3.57. The quantitative estimate of drug-likeness (QED) is 0.659. The average Bonchev–Trinajstić information content (AvgIpc) is 2.97. The Morgan fingerprint density at radius 2 is 2.25 bits per heavy atom. The number of aromatic nitrogens is 1. The van der Waals surface area contributed by atoms with Gasteiger partial charge in [0.1, 0.15) is 0 Å². The zero-order valence-electron chi connectivity index (χ0n) is 12.7. The lowest BCUT2D eigenvalue weighted by Crippen LogP contribution is -2.45. The van der Waals surface area contributed by atoms with Gasteiger partial charge in [-0.3, -0.25) is 4.99 Å². The third-order valence-corrected chi connectivity index (χ3v) is 4.64. The van der Waals surface area contributed by atoms with Crippen molar-refractivity contribution in [2.24, 2.45) is 4.99 Å². The van der Waals surface area contributed by atoms with Gasteiger partial charge in [0.15, 0.2) is 5.96 Å². The summed E-state index contributed by atoms with van der Waals surface area (Å²) in [4.78, 5) is 9.95. The number of hydrogen-bond donors (Lipinski definition) is 2. The molecule has 20 heavy (non-hydrogen) atoms. The van der Waals surface area contributed by atoms with Crippen LogP contribution in [0.25, 0.3) is 0 Å². The molecular formula is C14H24N4OS. The lowest BCUT2D eigenvalue weighted by atomic mass is 10.0. The zero-order chi connectivity index (χ0) is 14.6. The number of nitrogens with zero attached hydrogens (tertiary/aromatic N) is 2. The summed E-state index contributed by atoms with van der Waals surface area (Å²) in [6.45, 7) is 8.64. The lowest BCUT2D eigenvalue weighted by molar-refractivity contribution is 0.0243. The van der Waals surface area contributed by atoms with E-state index in [9.17, 15) is 0 Å². The van der Waals surface area contributed by atoms with Crippen LogP contribution in [0, 0.1) is 13.8 Å². The molecule has 1 aliphatic rings. The van der Waals surface area contributed by atoms with Crippen LogP contribution in [0.2, 0.25) is 0 Å². The van der Waals surface area contributed by atoms with Gasteiger partial charge in [0.05, 0.1) is 22.8 Å². The average molecular weight is 296 g/mol. The highest BCUT2D eigenvalue weighted by Crippen LogP contribution is 2.23. The molecule has 6 heteroatoms. The summed E-state index contributed by atoms with van der Waals surface area (Å²) in [6, 6.07) is 0. The Labute approximate surface area is 124 Å². The van der Waals surface area contributed by atoms with Crippen molar-refractivity contribution in [2.45, 2.75) is 45.8 Å². The minimum Gasteiger partial charge on any atom is -0.373 e. The molecule has 1 aromatic heterocycles. The molecule has 2 N–H and O–H groups in total. The van der Waals surface area contributed by atoms with Gasteiger partial charge in [-0.2, -0.15) is 0 Å². The highest BCUT2D eigenvalue weighted by molar-refractivity contribution is 7.11. The van der Waals surface area contributed by atoms with Crippen LogP contribution in [0.15, 0.2) is 4.99 Å². The van der Waals surface area contributed by atoms with Crippen molar-refractivity contribution in [3.05, 3.63) is 15.6 Å². The van der Waals surface area contributed by atoms with Gasteiger partial charge in [-0.1, -0.05) is 0 Å². The van der Waals surface area contributed by atoms with Crippen molar-refractivity contribution in [3.63, 3.8) is 0 Å². The van der Waals surface area contributed by atoms with Crippen LogP contribution in [-0.2, 0) is 11.3 Å². The van der Waals surface area contributed by atoms with E-state index in [0.717, 1.165) is 49.2 Å². The lowest BCUT2D eigenvalue weighted by Gasteiger charge is -2.24. The zero-order valence-corrected chi connectivity index (χ0v) is 13.6. The van der Waals surface area contributed by atoms with E-state index in [2.05, 4.69) is 27.5 Å².